The van der Waals surface area contributed by atoms with Crippen LogP contribution in [0.1, 0.15) is 62.3 Å². The maximum Gasteiger partial charge on any atom is 0.295 e. The van der Waals surface area contributed by atoms with E-state index in [1.54, 1.807) is 31.4 Å². The van der Waals surface area contributed by atoms with Gasteiger partial charge in [-0.05, 0) is 75.3 Å². The van der Waals surface area contributed by atoms with E-state index >= 15 is 0 Å². The molecule has 0 aromatic heterocycles. The Kier molecular flexibility index (Phi) is 10.8. The molecule has 0 saturated carbocycles. The molecule has 2 aromatic rings. The van der Waals surface area contributed by atoms with Crippen LogP contribution in [0, 0.1) is 6.92 Å². The number of carbonyl (C=O) groups excluding carboxylic acids is 2. The number of nitrogens with zero attached hydrogens (tertiary/aromatic N) is 2. The summed E-state index contributed by atoms with van der Waals surface area (Å²) in [5, 5.41) is 11.5. The van der Waals surface area contributed by atoms with Crippen LogP contribution in [0.15, 0.2) is 42.0 Å². The quantitative estimate of drug-likeness (QED) is 0.150. The van der Waals surface area contributed by atoms with Gasteiger partial charge in [0.25, 0.3) is 11.7 Å². The maximum absolute atomic E-state index is 13.4. The van der Waals surface area contributed by atoms with Gasteiger partial charge in [0.2, 0.25) is 0 Å². The highest BCUT2D eigenvalue weighted by molar-refractivity contribution is 6.46. The van der Waals surface area contributed by atoms with E-state index in [1.807, 2.05) is 38.1 Å². The Balaban J connectivity index is 2.08. The number of aliphatic hydroxyl groups excluding tert-OH is 1. The molecular formula is C31H42N2O6. The van der Waals surface area contributed by atoms with Crippen molar-refractivity contribution in [2.45, 2.75) is 52.5 Å². The van der Waals surface area contributed by atoms with Crippen LogP contribution >= 0.6 is 0 Å². The minimum absolute atomic E-state index is 0.0585. The first kappa shape index (κ1) is 30.0. The number of methoxy groups -OCH3 is 1. The van der Waals surface area contributed by atoms with Gasteiger partial charge in [0, 0.05) is 18.7 Å². The number of ether oxygens (including phenoxy) is 3. The Bertz CT molecular complexity index is 1190. The normalized spacial score (nSPS) is 16.7. The van der Waals surface area contributed by atoms with E-state index in [-0.39, 0.29) is 11.3 Å². The first-order valence-electron chi connectivity index (χ1n) is 13.7. The van der Waals surface area contributed by atoms with Crippen molar-refractivity contribution >= 4 is 17.4 Å². The fraction of sp³-hybridized carbons (Fsp3) is 0.484. The SMILES string of the molecule is CCCCOc1ccc(/C(O)=C2\C(=O)C(=O)N(CCN(C)C)C2c2ccc(OCCCC)c(OC)c2)c(C)c1. The van der Waals surface area contributed by atoms with Gasteiger partial charge in [-0.2, -0.15) is 0 Å². The number of benzene rings is 2. The second kappa shape index (κ2) is 14.0. The molecule has 3 rings (SSSR count). The molecule has 1 saturated heterocycles. The lowest BCUT2D eigenvalue weighted by Crippen LogP contribution is -2.35. The minimum atomic E-state index is -0.775. The lowest BCUT2D eigenvalue weighted by molar-refractivity contribution is -0.140. The van der Waals surface area contributed by atoms with E-state index in [0.717, 1.165) is 31.2 Å². The van der Waals surface area contributed by atoms with E-state index in [9.17, 15) is 14.7 Å². The third-order valence-electron chi connectivity index (χ3n) is 6.81. The molecule has 1 aliphatic heterocycles. The predicted molar refractivity (Wildman–Crippen MR) is 153 cm³/mol. The number of carbonyl (C=O) groups is 2. The summed E-state index contributed by atoms with van der Waals surface area (Å²) in [4.78, 5) is 30.1. The van der Waals surface area contributed by atoms with Crippen LogP contribution in [-0.2, 0) is 9.59 Å². The van der Waals surface area contributed by atoms with Gasteiger partial charge < -0.3 is 29.1 Å². The van der Waals surface area contributed by atoms with E-state index in [1.165, 1.54) is 4.90 Å². The van der Waals surface area contributed by atoms with Crippen molar-refractivity contribution in [3.8, 4) is 17.2 Å². The van der Waals surface area contributed by atoms with Gasteiger partial charge in [0.05, 0.1) is 31.9 Å². The summed E-state index contributed by atoms with van der Waals surface area (Å²) >= 11 is 0. The highest BCUT2D eigenvalue weighted by atomic mass is 16.5. The van der Waals surface area contributed by atoms with Crippen molar-refractivity contribution in [3.05, 3.63) is 58.7 Å². The van der Waals surface area contributed by atoms with Gasteiger partial charge in [-0.15, -0.1) is 0 Å². The van der Waals surface area contributed by atoms with E-state index in [0.29, 0.717) is 54.7 Å². The lowest BCUT2D eigenvalue weighted by atomic mass is 9.93. The number of unbranched alkanes of at least 4 members (excludes halogenated alkanes) is 2. The molecule has 8 heteroatoms. The zero-order valence-corrected chi connectivity index (χ0v) is 24.1. The van der Waals surface area contributed by atoms with Crippen molar-refractivity contribution in [1.82, 2.24) is 9.80 Å². The average molecular weight is 539 g/mol. The Morgan fingerprint density at radius 1 is 0.974 bits per heavy atom. The fourth-order valence-corrected chi connectivity index (χ4v) is 4.54. The van der Waals surface area contributed by atoms with Crippen molar-refractivity contribution in [2.24, 2.45) is 0 Å². The second-order valence-electron chi connectivity index (χ2n) is 10.1. The molecule has 212 valence electrons. The Labute approximate surface area is 232 Å². The number of hydrogen-bond donors (Lipinski definition) is 1. The average Bonchev–Trinajstić information content (AvgIpc) is 3.17. The molecule has 8 nitrogen and oxygen atoms in total. The molecular weight excluding hydrogens is 496 g/mol. The van der Waals surface area contributed by atoms with Crippen LogP contribution in [-0.4, -0.2) is 74.1 Å². The first-order chi connectivity index (χ1) is 18.7. The van der Waals surface area contributed by atoms with Crippen molar-refractivity contribution in [2.75, 3.05) is 47.5 Å². The van der Waals surface area contributed by atoms with Gasteiger partial charge >= 0.3 is 0 Å². The van der Waals surface area contributed by atoms with Crippen molar-refractivity contribution < 1.29 is 28.9 Å². The summed E-state index contributed by atoms with van der Waals surface area (Å²) in [6.07, 6.45) is 3.90. The summed E-state index contributed by atoms with van der Waals surface area (Å²) in [7, 11) is 5.37. The topological polar surface area (TPSA) is 88.5 Å². The Morgan fingerprint density at radius 2 is 1.67 bits per heavy atom. The van der Waals surface area contributed by atoms with Crippen molar-refractivity contribution in [3.63, 3.8) is 0 Å². The monoisotopic (exact) mass is 538 g/mol. The second-order valence-corrected chi connectivity index (χ2v) is 10.1. The van der Waals surface area contributed by atoms with Crippen LogP contribution in [0.4, 0.5) is 0 Å². The summed E-state index contributed by atoms with van der Waals surface area (Å²) in [6.45, 7) is 8.09. The highest BCUT2D eigenvalue weighted by Crippen LogP contribution is 2.42. The maximum atomic E-state index is 13.4. The molecule has 0 radical (unpaired) electrons. The molecule has 1 atom stereocenters. The number of amides is 1. The minimum Gasteiger partial charge on any atom is -0.507 e. The number of aliphatic hydroxyl groups is 1. The summed E-state index contributed by atoms with van der Waals surface area (Å²) in [5.74, 6) is 0.249. The third kappa shape index (κ3) is 7.12. The lowest BCUT2D eigenvalue weighted by Gasteiger charge is -2.27. The number of Topliss-reactive ketones (excluding diaryl/α,β-unsaturated/α-hetero) is 1. The fourth-order valence-electron chi connectivity index (χ4n) is 4.54. The number of hydrogen-bond acceptors (Lipinski definition) is 7. The van der Waals surface area contributed by atoms with Gasteiger partial charge in [-0.3, -0.25) is 9.59 Å². The summed E-state index contributed by atoms with van der Waals surface area (Å²) in [6, 6.07) is 9.99. The Hall–Kier alpha value is -3.52. The largest absolute Gasteiger partial charge is 0.507 e. The molecule has 0 aliphatic carbocycles. The molecule has 1 fully saturated rings. The number of ketones is 1. The van der Waals surface area contributed by atoms with Gasteiger partial charge in [-0.25, -0.2) is 0 Å². The summed E-state index contributed by atoms with van der Waals surface area (Å²) < 4.78 is 17.3. The number of likely N-dealkylation sites (tertiary alicyclic amines) is 1. The van der Waals surface area contributed by atoms with Crippen LogP contribution < -0.4 is 14.2 Å². The number of aryl methyl sites for hydroxylation is 1. The Morgan fingerprint density at radius 3 is 2.28 bits per heavy atom. The molecule has 0 bridgehead atoms. The van der Waals surface area contributed by atoms with Gasteiger partial charge in [0.15, 0.2) is 11.5 Å². The van der Waals surface area contributed by atoms with E-state index < -0.39 is 17.7 Å². The third-order valence-corrected chi connectivity index (χ3v) is 6.81. The number of rotatable bonds is 14. The standard InChI is InChI=1S/C31H42N2O6/c1-7-9-17-38-23-12-13-24(21(3)19-23)29(34)27-28(33(16-15-32(4)5)31(36)30(27)35)22-11-14-25(26(20-22)37-6)39-18-10-8-2/h11-14,19-20,28,34H,7-10,15-18H2,1-6H3/b29-27+. The highest BCUT2D eigenvalue weighted by Gasteiger charge is 2.46. The molecule has 39 heavy (non-hydrogen) atoms. The number of likely N-dealkylation sites (N-methyl/N-ethyl adjacent to an activating group) is 1. The van der Waals surface area contributed by atoms with Crippen LogP contribution in [0.5, 0.6) is 17.2 Å². The molecule has 1 heterocycles. The zero-order valence-electron chi connectivity index (χ0n) is 24.1. The van der Waals surface area contributed by atoms with E-state index in [4.69, 9.17) is 14.2 Å². The smallest absolute Gasteiger partial charge is 0.295 e. The first-order valence-corrected chi connectivity index (χ1v) is 13.7. The summed E-state index contributed by atoms with van der Waals surface area (Å²) in [5.41, 5.74) is 1.95. The zero-order chi connectivity index (χ0) is 28.5. The van der Waals surface area contributed by atoms with Gasteiger partial charge in [0.1, 0.15) is 11.5 Å². The predicted octanol–water partition coefficient (Wildman–Crippen LogP) is 5.34. The van der Waals surface area contributed by atoms with Crippen LogP contribution in [0.25, 0.3) is 5.76 Å². The molecule has 1 amide bonds. The molecule has 1 N–H and O–H groups in total. The van der Waals surface area contributed by atoms with Crippen LogP contribution in [0.3, 0.4) is 0 Å². The van der Waals surface area contributed by atoms with Crippen molar-refractivity contribution in [1.29, 1.82) is 0 Å². The molecule has 1 unspecified atom stereocenters. The van der Waals surface area contributed by atoms with Crippen LogP contribution in [0.2, 0.25) is 0 Å². The van der Waals surface area contributed by atoms with Gasteiger partial charge in [-0.1, -0.05) is 32.8 Å². The van der Waals surface area contributed by atoms with E-state index in [2.05, 4.69) is 13.8 Å². The molecule has 1 aliphatic rings. The molecule has 0 spiro atoms. The molecule has 2 aromatic carbocycles.